The Kier molecular flexibility index (Phi) is 2.21. The smallest absolute Gasteiger partial charge is 0.178 e. The molecule has 14 heavy (non-hydrogen) atoms. The summed E-state index contributed by atoms with van der Waals surface area (Å²) in [6.45, 7) is 1.33. The first-order valence-corrected chi connectivity index (χ1v) is 4.63. The lowest BCUT2D eigenvalue weighted by Gasteiger charge is -2.09. The number of nitrogens with zero attached hydrogens (tertiary/aromatic N) is 2. The molecule has 0 bridgehead atoms. The zero-order valence-corrected chi connectivity index (χ0v) is 8.16. The van der Waals surface area contributed by atoms with Gasteiger partial charge < -0.3 is 5.73 Å². The molecule has 2 heterocycles. The summed E-state index contributed by atoms with van der Waals surface area (Å²) < 4.78 is 0. The van der Waals surface area contributed by atoms with Gasteiger partial charge in [0.25, 0.3) is 0 Å². The van der Waals surface area contributed by atoms with Crippen molar-refractivity contribution in [3.63, 3.8) is 0 Å². The van der Waals surface area contributed by atoms with Crippen molar-refractivity contribution >= 4 is 11.5 Å². The maximum Gasteiger partial charge on any atom is 0.178 e. The number of rotatable bonds is 0. The fourth-order valence-electron chi connectivity index (χ4n) is 1.66. The second-order valence-electron chi connectivity index (χ2n) is 3.67. The molecule has 0 fully saturated rings. The van der Waals surface area contributed by atoms with Gasteiger partial charge in [0.15, 0.2) is 5.78 Å². The van der Waals surface area contributed by atoms with Crippen molar-refractivity contribution in [1.82, 2.24) is 9.88 Å². The molecule has 0 aromatic carbocycles. The van der Waals surface area contributed by atoms with Gasteiger partial charge in [0.05, 0.1) is 24.1 Å². The molecule has 74 valence electrons. The van der Waals surface area contributed by atoms with Crippen molar-refractivity contribution in [2.24, 2.45) is 0 Å². The highest BCUT2D eigenvalue weighted by molar-refractivity contribution is 5.99. The lowest BCUT2D eigenvalue weighted by molar-refractivity contribution is 0.0954. The van der Waals surface area contributed by atoms with E-state index in [9.17, 15) is 4.79 Å². The van der Waals surface area contributed by atoms with E-state index in [1.807, 2.05) is 11.9 Å². The van der Waals surface area contributed by atoms with Gasteiger partial charge in [-0.1, -0.05) is 0 Å². The van der Waals surface area contributed by atoms with Crippen molar-refractivity contribution in [2.45, 2.75) is 6.42 Å². The van der Waals surface area contributed by atoms with Crippen LogP contribution in [0.1, 0.15) is 16.1 Å². The fourth-order valence-corrected chi connectivity index (χ4v) is 1.66. The maximum atomic E-state index is 11.7. The molecule has 0 saturated heterocycles. The summed E-state index contributed by atoms with van der Waals surface area (Å²) in [7, 11) is 1.94. The Morgan fingerprint density at radius 1 is 1.57 bits per heavy atom. The highest BCUT2D eigenvalue weighted by Crippen LogP contribution is 2.15. The summed E-state index contributed by atoms with van der Waals surface area (Å²) in [6.07, 6.45) is 2.43. The summed E-state index contributed by atoms with van der Waals surface area (Å²) in [5.74, 6) is 0.111. The van der Waals surface area contributed by atoms with Crippen molar-refractivity contribution in [1.29, 1.82) is 0 Å². The molecule has 2 N–H and O–H groups in total. The van der Waals surface area contributed by atoms with Gasteiger partial charge in [-0.3, -0.25) is 14.7 Å². The number of nitrogens with two attached hydrogens (primary N) is 1. The van der Waals surface area contributed by atoms with Crippen LogP contribution in [0.5, 0.6) is 0 Å². The molecule has 0 aliphatic carbocycles. The van der Waals surface area contributed by atoms with Crippen LogP contribution in [0.4, 0.5) is 5.69 Å². The van der Waals surface area contributed by atoms with Crippen LogP contribution in [0.25, 0.3) is 0 Å². The average Bonchev–Trinajstić information content (AvgIpc) is 2.27. The number of carbonyl (C=O) groups excluding carboxylic acids is 1. The van der Waals surface area contributed by atoms with Crippen LogP contribution in [-0.2, 0) is 6.42 Å². The van der Waals surface area contributed by atoms with Gasteiger partial charge in [0.2, 0.25) is 0 Å². The normalized spacial score (nSPS) is 17.6. The SMILES string of the molecule is CN1CCc2ncc(N)cc2C(=O)C1. The third-order valence-electron chi connectivity index (χ3n) is 2.44. The van der Waals surface area contributed by atoms with Crippen LogP contribution >= 0.6 is 0 Å². The lowest BCUT2D eigenvalue weighted by atomic mass is 10.1. The predicted octanol–water partition coefficient (Wildman–Crippen LogP) is 0.334. The van der Waals surface area contributed by atoms with Crippen molar-refractivity contribution in [3.8, 4) is 0 Å². The number of hydrogen-bond acceptors (Lipinski definition) is 4. The number of fused-ring (bicyclic) bond motifs is 1. The Balaban J connectivity index is 2.44. The highest BCUT2D eigenvalue weighted by Gasteiger charge is 2.19. The van der Waals surface area contributed by atoms with E-state index in [0.717, 1.165) is 18.7 Å². The molecule has 2 rings (SSSR count). The average molecular weight is 191 g/mol. The maximum absolute atomic E-state index is 11.7. The number of likely N-dealkylation sites (N-methyl/N-ethyl adjacent to an activating group) is 1. The second kappa shape index (κ2) is 3.38. The lowest BCUT2D eigenvalue weighted by Crippen LogP contribution is -2.24. The Labute approximate surface area is 82.7 Å². The molecule has 1 aliphatic heterocycles. The molecule has 1 aromatic heterocycles. The highest BCUT2D eigenvalue weighted by atomic mass is 16.1. The number of carbonyl (C=O) groups is 1. The fraction of sp³-hybridized carbons (Fsp3) is 0.400. The number of pyridine rings is 1. The summed E-state index contributed by atoms with van der Waals surface area (Å²) in [5.41, 5.74) is 7.72. The van der Waals surface area contributed by atoms with Crippen molar-refractivity contribution < 1.29 is 4.79 Å². The Morgan fingerprint density at radius 3 is 3.14 bits per heavy atom. The number of aromatic nitrogens is 1. The Hall–Kier alpha value is -1.42. The van der Waals surface area contributed by atoms with Crippen LogP contribution in [-0.4, -0.2) is 35.8 Å². The monoisotopic (exact) mass is 191 g/mol. The Morgan fingerprint density at radius 2 is 2.36 bits per heavy atom. The van der Waals surface area contributed by atoms with E-state index in [4.69, 9.17) is 5.73 Å². The molecule has 0 radical (unpaired) electrons. The number of nitrogen functional groups attached to an aromatic ring is 1. The van der Waals surface area contributed by atoms with Crippen LogP contribution in [0.3, 0.4) is 0 Å². The zero-order chi connectivity index (χ0) is 10.1. The third-order valence-corrected chi connectivity index (χ3v) is 2.44. The standard InChI is InChI=1S/C10H13N3O/c1-13-3-2-9-8(10(14)6-13)4-7(11)5-12-9/h4-5H,2-3,6,11H2,1H3. The molecule has 1 aromatic rings. The van der Waals surface area contributed by atoms with Crippen LogP contribution in [0.2, 0.25) is 0 Å². The first-order chi connectivity index (χ1) is 6.66. The molecule has 0 unspecified atom stereocenters. The number of hydrogen-bond donors (Lipinski definition) is 1. The van der Waals surface area contributed by atoms with Gasteiger partial charge in [-0.25, -0.2) is 0 Å². The quantitative estimate of drug-likeness (QED) is 0.642. The number of Topliss-reactive ketones (excluding diaryl/α,β-unsaturated/α-hetero) is 1. The van der Waals surface area contributed by atoms with Crippen LogP contribution in [0.15, 0.2) is 12.3 Å². The predicted molar refractivity (Wildman–Crippen MR) is 54.2 cm³/mol. The Bertz CT molecular complexity index is 376. The van der Waals surface area contributed by atoms with Gasteiger partial charge in [-0.05, 0) is 13.1 Å². The summed E-state index contributed by atoms with van der Waals surface area (Å²) in [6, 6.07) is 1.73. The summed E-state index contributed by atoms with van der Waals surface area (Å²) in [5, 5.41) is 0. The molecule has 0 spiro atoms. The van der Waals surface area contributed by atoms with E-state index in [2.05, 4.69) is 4.98 Å². The van der Waals surface area contributed by atoms with Gasteiger partial charge in [-0.15, -0.1) is 0 Å². The number of ketones is 1. The zero-order valence-electron chi connectivity index (χ0n) is 8.16. The van der Waals surface area contributed by atoms with Crippen LogP contribution < -0.4 is 5.73 Å². The first-order valence-electron chi connectivity index (χ1n) is 4.63. The molecule has 1 aliphatic rings. The third kappa shape index (κ3) is 1.61. The topological polar surface area (TPSA) is 59.2 Å². The summed E-state index contributed by atoms with van der Waals surface area (Å²) >= 11 is 0. The van der Waals surface area contributed by atoms with Gasteiger partial charge >= 0.3 is 0 Å². The number of anilines is 1. The molecule has 4 nitrogen and oxygen atoms in total. The van der Waals surface area contributed by atoms with E-state index in [0.29, 0.717) is 17.8 Å². The van der Waals surface area contributed by atoms with Crippen LogP contribution in [0, 0.1) is 0 Å². The molecular formula is C10H13N3O. The first kappa shape index (κ1) is 9.15. The molecule has 0 atom stereocenters. The van der Waals surface area contributed by atoms with E-state index >= 15 is 0 Å². The van der Waals surface area contributed by atoms with Gasteiger partial charge in [-0.2, -0.15) is 0 Å². The van der Waals surface area contributed by atoms with E-state index in [1.165, 1.54) is 0 Å². The molecule has 4 heteroatoms. The molecular weight excluding hydrogens is 178 g/mol. The molecule has 0 saturated carbocycles. The van der Waals surface area contributed by atoms with Crippen molar-refractivity contribution in [2.75, 3.05) is 25.9 Å². The minimum Gasteiger partial charge on any atom is -0.397 e. The van der Waals surface area contributed by atoms with Gasteiger partial charge in [0.1, 0.15) is 0 Å². The van der Waals surface area contributed by atoms with Crippen molar-refractivity contribution in [3.05, 3.63) is 23.5 Å². The largest absolute Gasteiger partial charge is 0.397 e. The summed E-state index contributed by atoms with van der Waals surface area (Å²) in [4.78, 5) is 17.9. The van der Waals surface area contributed by atoms with E-state index < -0.39 is 0 Å². The van der Waals surface area contributed by atoms with E-state index in [-0.39, 0.29) is 5.78 Å². The second-order valence-corrected chi connectivity index (χ2v) is 3.67. The van der Waals surface area contributed by atoms with Gasteiger partial charge in [0, 0.05) is 18.5 Å². The minimum absolute atomic E-state index is 0.111. The minimum atomic E-state index is 0.111. The van der Waals surface area contributed by atoms with E-state index in [1.54, 1.807) is 12.3 Å². The molecule has 0 amide bonds.